The maximum atomic E-state index is 6.49. The van der Waals surface area contributed by atoms with Crippen molar-refractivity contribution >= 4 is 0 Å². The van der Waals surface area contributed by atoms with Gasteiger partial charge in [-0.2, -0.15) is 0 Å². The lowest BCUT2D eigenvalue weighted by Crippen LogP contribution is -2.59. The summed E-state index contributed by atoms with van der Waals surface area (Å²) in [6.45, 7) is 12.2. The highest BCUT2D eigenvalue weighted by Crippen LogP contribution is 2.45. The van der Waals surface area contributed by atoms with Crippen LogP contribution in [0.25, 0.3) is 0 Å². The summed E-state index contributed by atoms with van der Waals surface area (Å²) in [6, 6.07) is 10.3. The van der Waals surface area contributed by atoms with Crippen LogP contribution in [0.3, 0.4) is 0 Å². The maximum absolute atomic E-state index is 6.49. The van der Waals surface area contributed by atoms with E-state index in [1.54, 1.807) is 0 Å². The van der Waals surface area contributed by atoms with Gasteiger partial charge in [0.2, 0.25) is 0 Å². The van der Waals surface area contributed by atoms with Crippen molar-refractivity contribution in [3.05, 3.63) is 35.9 Å². The van der Waals surface area contributed by atoms with Gasteiger partial charge in [0, 0.05) is 26.4 Å². The van der Waals surface area contributed by atoms with Crippen LogP contribution in [-0.4, -0.2) is 32.4 Å². The molecule has 1 rings (SSSR count). The van der Waals surface area contributed by atoms with Crippen molar-refractivity contribution in [3.63, 3.8) is 0 Å². The van der Waals surface area contributed by atoms with Gasteiger partial charge in [0.1, 0.15) is 0 Å². The first-order valence-electron chi connectivity index (χ1n) is 11.3. The van der Waals surface area contributed by atoms with Crippen LogP contribution in [0.4, 0.5) is 0 Å². The summed E-state index contributed by atoms with van der Waals surface area (Å²) in [5, 5.41) is 0. The molecule has 0 bridgehead atoms. The Morgan fingerprint density at radius 1 is 0.607 bits per heavy atom. The first kappa shape index (κ1) is 25.1. The third-order valence-electron chi connectivity index (χ3n) is 5.01. The molecule has 0 saturated heterocycles. The van der Waals surface area contributed by atoms with E-state index >= 15 is 0 Å². The van der Waals surface area contributed by atoms with Gasteiger partial charge in [-0.1, -0.05) is 69.4 Å². The van der Waals surface area contributed by atoms with E-state index in [4.69, 9.17) is 18.9 Å². The Labute approximate surface area is 172 Å². The summed E-state index contributed by atoms with van der Waals surface area (Å²) in [4.78, 5) is 0. The van der Waals surface area contributed by atoms with Gasteiger partial charge in [-0.05, 0) is 46.1 Å². The molecule has 4 heteroatoms. The van der Waals surface area contributed by atoms with Crippen LogP contribution < -0.4 is 0 Å². The smallest absolute Gasteiger partial charge is 0.318 e. The number of rotatable bonds is 17. The molecule has 0 spiro atoms. The van der Waals surface area contributed by atoms with Crippen LogP contribution in [-0.2, 0) is 24.5 Å². The Morgan fingerprint density at radius 2 is 1.11 bits per heavy atom. The van der Waals surface area contributed by atoms with E-state index in [-0.39, 0.29) is 0 Å². The first-order valence-corrected chi connectivity index (χ1v) is 11.3. The fraction of sp³-hybridized carbons (Fsp3) is 0.750. The lowest BCUT2D eigenvalue weighted by atomic mass is 9.84. The van der Waals surface area contributed by atoms with Crippen molar-refractivity contribution in [3.8, 4) is 0 Å². The predicted octanol–water partition coefficient (Wildman–Crippen LogP) is 6.43. The van der Waals surface area contributed by atoms with E-state index < -0.39 is 11.6 Å². The van der Waals surface area contributed by atoms with Crippen LogP contribution in [0.2, 0.25) is 0 Å². The summed E-state index contributed by atoms with van der Waals surface area (Å²) in [5.41, 5.74) is 0.233. The van der Waals surface area contributed by atoms with Gasteiger partial charge in [0.05, 0.1) is 0 Å². The monoisotopic (exact) mass is 394 g/mol. The molecule has 1 aromatic carbocycles. The second kappa shape index (κ2) is 14.1. The number of hydrogen-bond donors (Lipinski definition) is 0. The highest BCUT2D eigenvalue weighted by atomic mass is 16.9. The van der Waals surface area contributed by atoms with E-state index in [0.29, 0.717) is 26.4 Å². The standard InChI is InChI=1S/C24H42O4/c1-6-11-12-13-14-18-21-23(25-7-2,22-19-16-15-17-20-22)24(26-8-3,27-9-4)28-10-5/h15-17,19-20H,6-14,18,21H2,1-5H3. The van der Waals surface area contributed by atoms with E-state index in [0.717, 1.165) is 18.4 Å². The van der Waals surface area contributed by atoms with Crippen LogP contribution >= 0.6 is 0 Å². The van der Waals surface area contributed by atoms with Crippen molar-refractivity contribution in [2.24, 2.45) is 0 Å². The SMILES string of the molecule is CCCCCCCCC(OCC)(c1ccccc1)C(OCC)(OCC)OCC. The number of unbranched alkanes of at least 4 members (excludes halogenated alkanes) is 5. The summed E-state index contributed by atoms with van der Waals surface area (Å²) >= 11 is 0. The molecule has 0 aliphatic heterocycles. The minimum absolute atomic E-state index is 0.484. The molecular formula is C24H42O4. The third kappa shape index (κ3) is 6.55. The van der Waals surface area contributed by atoms with Gasteiger partial charge in [0.25, 0.3) is 0 Å². The van der Waals surface area contributed by atoms with E-state index in [1.165, 1.54) is 32.1 Å². The fourth-order valence-electron chi connectivity index (χ4n) is 3.87. The van der Waals surface area contributed by atoms with Crippen molar-refractivity contribution in [1.29, 1.82) is 0 Å². The van der Waals surface area contributed by atoms with Crippen molar-refractivity contribution < 1.29 is 18.9 Å². The molecule has 0 aliphatic carbocycles. The minimum Gasteiger partial charge on any atom is -0.362 e. The Balaban J connectivity index is 3.28. The number of ether oxygens (including phenoxy) is 4. The maximum Gasteiger partial charge on any atom is 0.318 e. The zero-order chi connectivity index (χ0) is 20.7. The van der Waals surface area contributed by atoms with Crippen molar-refractivity contribution in [2.45, 2.75) is 91.1 Å². The molecular weight excluding hydrogens is 352 g/mol. The van der Waals surface area contributed by atoms with Gasteiger partial charge in [0.15, 0.2) is 5.60 Å². The zero-order valence-corrected chi connectivity index (χ0v) is 18.8. The largest absolute Gasteiger partial charge is 0.362 e. The molecule has 0 aliphatic rings. The van der Waals surface area contributed by atoms with Crippen LogP contribution in [0.15, 0.2) is 30.3 Å². The lowest BCUT2D eigenvalue weighted by Gasteiger charge is -2.48. The quantitative estimate of drug-likeness (QED) is 0.225. The summed E-state index contributed by atoms with van der Waals surface area (Å²) in [6.07, 6.45) is 8.09. The van der Waals surface area contributed by atoms with Gasteiger partial charge < -0.3 is 18.9 Å². The third-order valence-corrected chi connectivity index (χ3v) is 5.01. The molecule has 0 N–H and O–H groups in total. The van der Waals surface area contributed by atoms with Crippen LogP contribution in [0.1, 0.15) is 85.1 Å². The van der Waals surface area contributed by atoms with Gasteiger partial charge in [-0.3, -0.25) is 0 Å². The zero-order valence-electron chi connectivity index (χ0n) is 18.8. The second-order valence-electron chi connectivity index (χ2n) is 7.00. The van der Waals surface area contributed by atoms with E-state index in [2.05, 4.69) is 19.1 Å². The fourth-order valence-corrected chi connectivity index (χ4v) is 3.87. The molecule has 0 radical (unpaired) electrons. The average molecular weight is 395 g/mol. The average Bonchev–Trinajstić information content (AvgIpc) is 2.71. The molecule has 0 aromatic heterocycles. The highest BCUT2D eigenvalue weighted by molar-refractivity contribution is 5.25. The number of benzene rings is 1. The predicted molar refractivity (Wildman–Crippen MR) is 115 cm³/mol. The highest BCUT2D eigenvalue weighted by Gasteiger charge is 2.57. The Hall–Kier alpha value is -0.940. The van der Waals surface area contributed by atoms with E-state index in [9.17, 15) is 0 Å². The molecule has 0 amide bonds. The number of hydrogen-bond acceptors (Lipinski definition) is 4. The molecule has 1 unspecified atom stereocenters. The minimum atomic E-state index is -1.26. The van der Waals surface area contributed by atoms with Crippen LogP contribution in [0, 0.1) is 0 Å². The Bertz CT molecular complexity index is 474. The Kier molecular flexibility index (Phi) is 12.6. The topological polar surface area (TPSA) is 36.9 Å². The molecule has 28 heavy (non-hydrogen) atoms. The molecule has 0 heterocycles. The normalized spacial score (nSPS) is 14.2. The van der Waals surface area contributed by atoms with Crippen molar-refractivity contribution in [2.75, 3.05) is 26.4 Å². The Morgan fingerprint density at radius 3 is 1.61 bits per heavy atom. The lowest BCUT2D eigenvalue weighted by molar-refractivity contribution is -0.451. The molecule has 1 atom stereocenters. The summed E-state index contributed by atoms with van der Waals surface area (Å²) in [5.74, 6) is -1.26. The second-order valence-corrected chi connectivity index (χ2v) is 7.00. The van der Waals surface area contributed by atoms with Crippen molar-refractivity contribution in [1.82, 2.24) is 0 Å². The van der Waals surface area contributed by atoms with Gasteiger partial charge >= 0.3 is 5.97 Å². The molecule has 162 valence electrons. The molecule has 1 aromatic rings. The summed E-state index contributed by atoms with van der Waals surface area (Å²) in [7, 11) is 0. The summed E-state index contributed by atoms with van der Waals surface area (Å²) < 4.78 is 25.1. The van der Waals surface area contributed by atoms with Gasteiger partial charge in [-0.15, -0.1) is 0 Å². The van der Waals surface area contributed by atoms with Crippen LogP contribution in [0.5, 0.6) is 0 Å². The van der Waals surface area contributed by atoms with E-state index in [1.807, 2.05) is 45.9 Å². The first-order chi connectivity index (χ1) is 13.7. The molecule has 0 fully saturated rings. The molecule has 0 saturated carbocycles. The molecule has 4 nitrogen and oxygen atoms in total. The van der Waals surface area contributed by atoms with Gasteiger partial charge in [-0.25, -0.2) is 0 Å².